The number of aliphatic imine (C=N–C) groups is 1. The third-order valence-corrected chi connectivity index (χ3v) is 5.39. The zero-order valence-corrected chi connectivity index (χ0v) is 20.6. The first-order chi connectivity index (χ1) is 16.2. The largest absolute Gasteiger partial charge is 0.481 e. The molecule has 11 N–H and O–H groups in total. The molecule has 5 unspecified atom stereocenters. The minimum atomic E-state index is -1.70. The van der Waals surface area contributed by atoms with Crippen LogP contribution in [0.3, 0.4) is 0 Å². The summed E-state index contributed by atoms with van der Waals surface area (Å²) in [6.07, 6.45) is -0.0727. The van der Waals surface area contributed by atoms with Crippen molar-refractivity contribution in [3.05, 3.63) is 0 Å². The second kappa shape index (κ2) is 15.5. The van der Waals surface area contributed by atoms with Gasteiger partial charge in [-0.25, -0.2) is 4.79 Å². The van der Waals surface area contributed by atoms with Crippen LogP contribution in [-0.4, -0.2) is 76.5 Å². The van der Waals surface area contributed by atoms with Gasteiger partial charge in [0, 0.05) is 6.54 Å². The highest BCUT2D eigenvalue weighted by Crippen LogP contribution is 2.11. The first-order valence-electron chi connectivity index (χ1n) is 11.4. The highest BCUT2D eigenvalue weighted by Gasteiger charge is 2.33. The third kappa shape index (κ3) is 12.0. The summed E-state index contributed by atoms with van der Waals surface area (Å²) in [6, 6.07) is -4.80. The Morgan fingerprint density at radius 3 is 1.91 bits per heavy atom. The molecule has 0 radical (unpaired) electrons. The van der Waals surface area contributed by atoms with Crippen LogP contribution in [0.25, 0.3) is 0 Å². The van der Waals surface area contributed by atoms with Crippen molar-refractivity contribution >= 4 is 35.6 Å². The Morgan fingerprint density at radius 1 is 0.886 bits per heavy atom. The molecule has 35 heavy (non-hydrogen) atoms. The summed E-state index contributed by atoms with van der Waals surface area (Å²) in [5.74, 6) is -5.72. The van der Waals surface area contributed by atoms with E-state index in [1.165, 1.54) is 0 Å². The zero-order valence-electron chi connectivity index (χ0n) is 20.6. The lowest BCUT2D eigenvalue weighted by Crippen LogP contribution is -2.59. The topological polar surface area (TPSA) is 252 Å². The van der Waals surface area contributed by atoms with Gasteiger partial charge in [0.05, 0.1) is 12.5 Å². The van der Waals surface area contributed by atoms with Crippen LogP contribution in [0.1, 0.15) is 53.4 Å². The molecule has 0 saturated carbocycles. The molecule has 3 amide bonds. The van der Waals surface area contributed by atoms with Crippen LogP contribution in [0.4, 0.5) is 0 Å². The van der Waals surface area contributed by atoms with Gasteiger partial charge in [-0.1, -0.05) is 34.1 Å². The van der Waals surface area contributed by atoms with Crippen LogP contribution in [0.5, 0.6) is 0 Å². The SMILES string of the molecule is CCC(C)C(NC(=O)C(N)C(C)C)C(=O)NC(CCCN=C(N)N)C(=O)NC(CC(=O)O)C(=O)O. The summed E-state index contributed by atoms with van der Waals surface area (Å²) in [5.41, 5.74) is 16.4. The van der Waals surface area contributed by atoms with Gasteiger partial charge in [0.25, 0.3) is 0 Å². The van der Waals surface area contributed by atoms with Crippen LogP contribution in [0.2, 0.25) is 0 Å². The molecule has 0 aliphatic heterocycles. The van der Waals surface area contributed by atoms with Gasteiger partial charge in [-0.3, -0.25) is 24.2 Å². The number of carbonyl (C=O) groups excluding carboxylic acids is 3. The van der Waals surface area contributed by atoms with Gasteiger partial charge < -0.3 is 43.4 Å². The van der Waals surface area contributed by atoms with E-state index < -0.39 is 60.2 Å². The molecule has 5 atom stereocenters. The second-order valence-electron chi connectivity index (χ2n) is 8.65. The van der Waals surface area contributed by atoms with Gasteiger partial charge in [-0.05, 0) is 24.7 Å². The molecule has 0 bridgehead atoms. The third-order valence-electron chi connectivity index (χ3n) is 5.39. The molecule has 14 nitrogen and oxygen atoms in total. The fourth-order valence-electron chi connectivity index (χ4n) is 2.94. The van der Waals surface area contributed by atoms with E-state index in [1.807, 2.05) is 6.92 Å². The maximum atomic E-state index is 13.1. The van der Waals surface area contributed by atoms with Crippen LogP contribution < -0.4 is 33.2 Å². The highest BCUT2D eigenvalue weighted by atomic mass is 16.4. The van der Waals surface area contributed by atoms with Gasteiger partial charge in [-0.15, -0.1) is 0 Å². The lowest BCUT2D eigenvalue weighted by atomic mass is 9.96. The first-order valence-corrected chi connectivity index (χ1v) is 11.4. The molecule has 0 heterocycles. The number of nitrogens with one attached hydrogen (secondary N) is 3. The van der Waals surface area contributed by atoms with Gasteiger partial charge in [0.15, 0.2) is 5.96 Å². The number of guanidine groups is 1. The lowest BCUT2D eigenvalue weighted by Gasteiger charge is -2.28. The number of aliphatic carboxylic acids is 2. The Labute approximate surface area is 204 Å². The highest BCUT2D eigenvalue weighted by molar-refractivity contribution is 5.94. The van der Waals surface area contributed by atoms with Gasteiger partial charge in [-0.2, -0.15) is 0 Å². The summed E-state index contributed by atoms with van der Waals surface area (Å²) in [5, 5.41) is 25.4. The molecule has 0 fully saturated rings. The fourth-order valence-corrected chi connectivity index (χ4v) is 2.94. The minimum Gasteiger partial charge on any atom is -0.481 e. The number of carboxylic acids is 2. The summed E-state index contributed by atoms with van der Waals surface area (Å²) < 4.78 is 0. The number of nitrogens with zero attached hydrogens (tertiary/aromatic N) is 1. The van der Waals surface area contributed by atoms with E-state index >= 15 is 0 Å². The molecular weight excluding hydrogens is 462 g/mol. The monoisotopic (exact) mass is 501 g/mol. The van der Waals surface area contributed by atoms with Crippen molar-refractivity contribution in [2.75, 3.05) is 6.54 Å². The van der Waals surface area contributed by atoms with Crippen LogP contribution in [0, 0.1) is 11.8 Å². The molecule has 0 aliphatic carbocycles. The van der Waals surface area contributed by atoms with E-state index in [9.17, 15) is 29.1 Å². The van der Waals surface area contributed by atoms with Crippen molar-refractivity contribution in [3.63, 3.8) is 0 Å². The molecule has 0 rings (SSSR count). The normalized spacial score (nSPS) is 15.1. The molecule has 0 saturated heterocycles. The van der Waals surface area contributed by atoms with E-state index in [0.717, 1.165) is 0 Å². The van der Waals surface area contributed by atoms with Crippen LogP contribution in [-0.2, 0) is 24.0 Å². The van der Waals surface area contributed by atoms with Crippen LogP contribution >= 0.6 is 0 Å². The molecule has 0 aromatic heterocycles. The van der Waals surface area contributed by atoms with Gasteiger partial charge in [0.1, 0.15) is 18.1 Å². The zero-order chi connectivity index (χ0) is 27.3. The minimum absolute atomic E-state index is 0.0143. The van der Waals surface area contributed by atoms with Crippen molar-refractivity contribution in [2.24, 2.45) is 34.0 Å². The smallest absolute Gasteiger partial charge is 0.326 e. The lowest BCUT2D eigenvalue weighted by molar-refractivity contribution is -0.147. The van der Waals surface area contributed by atoms with E-state index in [2.05, 4.69) is 20.9 Å². The molecule has 0 aromatic carbocycles. The molecule has 14 heteroatoms. The molecular formula is C21H39N7O7. The Balaban J connectivity index is 5.71. The summed E-state index contributed by atoms with van der Waals surface area (Å²) >= 11 is 0. The molecule has 0 aromatic rings. The number of hydrogen-bond acceptors (Lipinski definition) is 7. The molecule has 0 aliphatic rings. The predicted octanol–water partition coefficient (Wildman–Crippen LogP) is -1.92. The average Bonchev–Trinajstić information content (AvgIpc) is 2.76. The van der Waals surface area contributed by atoms with E-state index in [1.54, 1.807) is 20.8 Å². The maximum Gasteiger partial charge on any atom is 0.326 e. The maximum absolute atomic E-state index is 13.1. The summed E-state index contributed by atoms with van der Waals surface area (Å²) in [7, 11) is 0. The van der Waals surface area contributed by atoms with Crippen molar-refractivity contribution in [1.82, 2.24) is 16.0 Å². The summed E-state index contributed by atoms with van der Waals surface area (Å²) in [6.45, 7) is 7.22. The number of hydrogen-bond donors (Lipinski definition) is 8. The number of amides is 3. The van der Waals surface area contributed by atoms with Gasteiger partial charge >= 0.3 is 11.9 Å². The van der Waals surface area contributed by atoms with Crippen LogP contribution in [0.15, 0.2) is 4.99 Å². The fraction of sp³-hybridized carbons (Fsp3) is 0.714. The Kier molecular flexibility index (Phi) is 14.0. The second-order valence-corrected chi connectivity index (χ2v) is 8.65. The predicted molar refractivity (Wildman–Crippen MR) is 128 cm³/mol. The number of carbonyl (C=O) groups is 5. The Hall–Kier alpha value is -3.42. The van der Waals surface area contributed by atoms with Crippen molar-refractivity contribution < 1.29 is 34.2 Å². The van der Waals surface area contributed by atoms with Crippen molar-refractivity contribution in [3.8, 4) is 0 Å². The number of rotatable bonds is 16. The number of nitrogens with two attached hydrogens (primary N) is 3. The Bertz CT molecular complexity index is 784. The molecule has 200 valence electrons. The quantitative estimate of drug-likeness (QED) is 0.0661. The summed E-state index contributed by atoms with van der Waals surface area (Å²) in [4.78, 5) is 64.5. The Morgan fingerprint density at radius 2 is 1.46 bits per heavy atom. The van der Waals surface area contributed by atoms with Crippen molar-refractivity contribution in [2.45, 2.75) is 77.5 Å². The van der Waals surface area contributed by atoms with Gasteiger partial charge in [0.2, 0.25) is 17.7 Å². The van der Waals surface area contributed by atoms with E-state index in [-0.39, 0.29) is 37.2 Å². The molecule has 0 spiro atoms. The first kappa shape index (κ1) is 31.6. The standard InChI is InChI=1S/C21H39N7O7/c1-5-11(4)16(28-18(32)15(22)10(2)3)19(33)26-12(7-6-8-25-21(23)24)17(31)27-13(20(34)35)9-14(29)30/h10-13,15-16H,5-9,22H2,1-4H3,(H,26,33)(H,27,31)(H,28,32)(H,29,30)(H,34,35)(H4,23,24,25). The number of carboxylic acid groups (broad SMARTS) is 2. The van der Waals surface area contributed by atoms with E-state index in [4.69, 9.17) is 22.3 Å². The average molecular weight is 502 g/mol. The van der Waals surface area contributed by atoms with E-state index in [0.29, 0.717) is 6.42 Å². The van der Waals surface area contributed by atoms with Crippen molar-refractivity contribution in [1.29, 1.82) is 0 Å².